The van der Waals surface area contributed by atoms with Crippen LogP contribution in [0.3, 0.4) is 0 Å². The van der Waals surface area contributed by atoms with Gasteiger partial charge in [-0.2, -0.15) is 0 Å². The molecule has 5 heteroatoms. The third-order valence-corrected chi connectivity index (χ3v) is 2.65. The number of hydrogen-bond donors (Lipinski definition) is 3. The van der Waals surface area contributed by atoms with E-state index < -0.39 is 12.0 Å². The summed E-state index contributed by atoms with van der Waals surface area (Å²) in [6.45, 7) is 2.58. The topological polar surface area (TPSA) is 78.4 Å². The number of carbonyl (C=O) groups is 2. The van der Waals surface area contributed by atoms with Crippen molar-refractivity contribution in [3.05, 3.63) is 0 Å². The second kappa shape index (κ2) is 5.70. The molecular formula is C10H18N2O3. The van der Waals surface area contributed by atoms with Crippen molar-refractivity contribution in [3.63, 3.8) is 0 Å². The second-order valence-corrected chi connectivity index (χ2v) is 3.81. The Morgan fingerprint density at radius 3 is 2.73 bits per heavy atom. The van der Waals surface area contributed by atoms with E-state index in [1.807, 2.05) is 0 Å². The number of rotatable bonds is 4. The molecule has 0 saturated carbocycles. The predicted octanol–water partition coefficient (Wildman–Crippen LogP) is 0.108. The molecule has 1 heterocycles. The van der Waals surface area contributed by atoms with Crippen LogP contribution in [0.25, 0.3) is 0 Å². The highest BCUT2D eigenvalue weighted by Crippen LogP contribution is 2.07. The van der Waals surface area contributed by atoms with E-state index >= 15 is 0 Å². The van der Waals surface area contributed by atoms with Crippen molar-refractivity contribution in [2.45, 2.75) is 44.7 Å². The van der Waals surface area contributed by atoms with Gasteiger partial charge in [0.2, 0.25) is 5.91 Å². The first-order chi connectivity index (χ1) is 7.15. The van der Waals surface area contributed by atoms with Gasteiger partial charge in [-0.05, 0) is 25.8 Å². The summed E-state index contributed by atoms with van der Waals surface area (Å²) in [4.78, 5) is 22.3. The fraction of sp³-hybridized carbons (Fsp3) is 0.800. The van der Waals surface area contributed by atoms with E-state index in [0.29, 0.717) is 6.42 Å². The average Bonchev–Trinajstić information content (AvgIpc) is 2.26. The molecule has 1 rings (SSSR count). The Bertz CT molecular complexity index is 237. The number of amides is 1. The van der Waals surface area contributed by atoms with Gasteiger partial charge >= 0.3 is 5.97 Å². The van der Waals surface area contributed by atoms with Crippen molar-refractivity contribution >= 4 is 11.9 Å². The highest BCUT2D eigenvalue weighted by atomic mass is 16.4. The van der Waals surface area contributed by atoms with Crippen LogP contribution in [0.4, 0.5) is 0 Å². The van der Waals surface area contributed by atoms with Crippen LogP contribution in [0.2, 0.25) is 0 Å². The van der Waals surface area contributed by atoms with E-state index in [1.165, 1.54) is 0 Å². The molecule has 1 fully saturated rings. The van der Waals surface area contributed by atoms with Crippen molar-refractivity contribution in [1.29, 1.82) is 0 Å². The Balaban J connectivity index is 2.42. The number of piperidine rings is 1. The fourth-order valence-electron chi connectivity index (χ4n) is 1.69. The molecule has 0 spiro atoms. The van der Waals surface area contributed by atoms with Gasteiger partial charge in [0.25, 0.3) is 0 Å². The summed E-state index contributed by atoms with van der Waals surface area (Å²) in [5.41, 5.74) is 0. The van der Waals surface area contributed by atoms with E-state index in [0.717, 1.165) is 25.8 Å². The molecule has 0 aliphatic carbocycles. The Morgan fingerprint density at radius 1 is 1.53 bits per heavy atom. The third-order valence-electron chi connectivity index (χ3n) is 2.65. The normalized spacial score (nSPS) is 23.1. The highest BCUT2D eigenvalue weighted by Gasteiger charge is 2.24. The van der Waals surface area contributed by atoms with Crippen LogP contribution in [0, 0.1) is 0 Å². The minimum Gasteiger partial charge on any atom is -0.480 e. The summed E-state index contributed by atoms with van der Waals surface area (Å²) < 4.78 is 0. The number of nitrogens with one attached hydrogen (secondary N) is 2. The van der Waals surface area contributed by atoms with Gasteiger partial charge in [0.1, 0.15) is 6.04 Å². The van der Waals surface area contributed by atoms with Crippen molar-refractivity contribution in [1.82, 2.24) is 10.6 Å². The Morgan fingerprint density at radius 2 is 2.27 bits per heavy atom. The molecule has 1 saturated heterocycles. The Hall–Kier alpha value is -1.10. The maximum absolute atomic E-state index is 11.6. The first kappa shape index (κ1) is 12.0. The summed E-state index contributed by atoms with van der Waals surface area (Å²) in [6.07, 6.45) is 3.31. The minimum absolute atomic E-state index is 0.191. The number of hydrogen-bond acceptors (Lipinski definition) is 3. The van der Waals surface area contributed by atoms with Gasteiger partial charge < -0.3 is 15.7 Å². The van der Waals surface area contributed by atoms with E-state index in [9.17, 15) is 9.59 Å². The lowest BCUT2D eigenvalue weighted by Gasteiger charge is -2.24. The van der Waals surface area contributed by atoms with Gasteiger partial charge in [-0.15, -0.1) is 0 Å². The molecule has 1 aliphatic heterocycles. The molecule has 0 aromatic rings. The second-order valence-electron chi connectivity index (χ2n) is 3.81. The monoisotopic (exact) mass is 214 g/mol. The minimum atomic E-state index is -0.971. The van der Waals surface area contributed by atoms with Gasteiger partial charge in [0.05, 0.1) is 6.04 Å². The first-order valence-electron chi connectivity index (χ1n) is 5.41. The van der Waals surface area contributed by atoms with Crippen LogP contribution in [-0.4, -0.2) is 35.6 Å². The molecule has 0 radical (unpaired) electrons. The SMILES string of the molecule is CC[C@@H](NC(=O)C1CCCCN1)C(=O)O. The van der Waals surface area contributed by atoms with Crippen LogP contribution < -0.4 is 10.6 Å². The third kappa shape index (κ3) is 3.51. The van der Waals surface area contributed by atoms with Gasteiger partial charge in [0, 0.05) is 0 Å². The highest BCUT2D eigenvalue weighted by molar-refractivity contribution is 5.86. The van der Waals surface area contributed by atoms with Crippen LogP contribution in [0.15, 0.2) is 0 Å². The van der Waals surface area contributed by atoms with E-state index in [4.69, 9.17) is 5.11 Å². The van der Waals surface area contributed by atoms with Crippen molar-refractivity contribution < 1.29 is 14.7 Å². The van der Waals surface area contributed by atoms with Crippen molar-refractivity contribution in [2.75, 3.05) is 6.54 Å². The molecule has 0 bridgehead atoms. The smallest absolute Gasteiger partial charge is 0.326 e. The summed E-state index contributed by atoms with van der Waals surface area (Å²) in [5, 5.41) is 14.4. The van der Waals surface area contributed by atoms with Gasteiger partial charge in [-0.25, -0.2) is 4.79 Å². The molecule has 15 heavy (non-hydrogen) atoms. The molecule has 2 atom stereocenters. The lowest BCUT2D eigenvalue weighted by molar-refractivity contribution is -0.142. The standard InChI is InChI=1S/C10H18N2O3/c1-2-7(10(14)15)12-9(13)8-5-3-4-6-11-8/h7-8,11H,2-6H2,1H3,(H,12,13)(H,14,15)/t7-,8?/m1/s1. The van der Waals surface area contributed by atoms with E-state index in [-0.39, 0.29) is 11.9 Å². The molecule has 0 aromatic carbocycles. The van der Waals surface area contributed by atoms with Crippen LogP contribution >= 0.6 is 0 Å². The molecular weight excluding hydrogens is 196 g/mol. The number of carboxylic acids is 1. The summed E-state index contributed by atoms with van der Waals surface area (Å²) in [6, 6.07) is -0.978. The lowest BCUT2D eigenvalue weighted by Crippen LogP contribution is -2.51. The van der Waals surface area contributed by atoms with Gasteiger partial charge in [0.15, 0.2) is 0 Å². The molecule has 0 aromatic heterocycles. The maximum atomic E-state index is 11.6. The molecule has 5 nitrogen and oxygen atoms in total. The van der Waals surface area contributed by atoms with Gasteiger partial charge in [-0.1, -0.05) is 13.3 Å². The average molecular weight is 214 g/mol. The van der Waals surface area contributed by atoms with E-state index in [1.54, 1.807) is 6.92 Å². The molecule has 86 valence electrons. The molecule has 1 unspecified atom stereocenters. The largest absolute Gasteiger partial charge is 0.480 e. The number of carboxylic acid groups (broad SMARTS) is 1. The lowest BCUT2D eigenvalue weighted by atomic mass is 10.0. The fourth-order valence-corrected chi connectivity index (χ4v) is 1.69. The molecule has 1 aliphatic rings. The van der Waals surface area contributed by atoms with Crippen LogP contribution in [-0.2, 0) is 9.59 Å². The molecule has 1 amide bonds. The van der Waals surface area contributed by atoms with Crippen LogP contribution in [0.1, 0.15) is 32.6 Å². The predicted molar refractivity (Wildman–Crippen MR) is 55.5 cm³/mol. The Kier molecular flexibility index (Phi) is 4.55. The van der Waals surface area contributed by atoms with Gasteiger partial charge in [-0.3, -0.25) is 4.79 Å². The number of carbonyl (C=O) groups excluding carboxylic acids is 1. The summed E-state index contributed by atoms with van der Waals surface area (Å²) in [7, 11) is 0. The first-order valence-corrected chi connectivity index (χ1v) is 5.41. The van der Waals surface area contributed by atoms with Crippen molar-refractivity contribution in [3.8, 4) is 0 Å². The number of aliphatic carboxylic acids is 1. The molecule has 3 N–H and O–H groups in total. The zero-order valence-corrected chi connectivity index (χ0v) is 8.95. The summed E-state index contributed by atoms with van der Waals surface area (Å²) in [5.74, 6) is -1.16. The Labute approximate surface area is 89.2 Å². The van der Waals surface area contributed by atoms with Crippen molar-refractivity contribution in [2.24, 2.45) is 0 Å². The quantitative estimate of drug-likeness (QED) is 0.620. The van der Waals surface area contributed by atoms with Crippen LogP contribution in [0.5, 0.6) is 0 Å². The maximum Gasteiger partial charge on any atom is 0.326 e. The summed E-state index contributed by atoms with van der Waals surface area (Å²) >= 11 is 0. The van der Waals surface area contributed by atoms with E-state index in [2.05, 4.69) is 10.6 Å². The zero-order valence-electron chi connectivity index (χ0n) is 8.95. The zero-order chi connectivity index (χ0) is 11.3.